The second-order valence-electron chi connectivity index (χ2n) is 9.44. The molecule has 2 aromatic carbocycles. The highest BCUT2D eigenvalue weighted by Crippen LogP contribution is 2.46. The van der Waals surface area contributed by atoms with Gasteiger partial charge in [-0.3, -0.25) is 4.79 Å². The average Bonchev–Trinajstić information content (AvgIpc) is 2.83. The van der Waals surface area contributed by atoms with Crippen LogP contribution in [-0.4, -0.2) is 12.4 Å². The number of anilines is 2. The molecule has 4 heteroatoms. The summed E-state index contributed by atoms with van der Waals surface area (Å²) >= 11 is 0. The number of nitrogens with one attached hydrogen (secondary N) is 2. The normalized spacial score (nSPS) is 19.9. The van der Waals surface area contributed by atoms with Crippen LogP contribution in [0, 0.1) is 19.3 Å². The van der Waals surface area contributed by atoms with Crippen molar-refractivity contribution in [1.82, 2.24) is 0 Å². The van der Waals surface area contributed by atoms with E-state index in [1.807, 2.05) is 12.1 Å². The lowest BCUT2D eigenvalue weighted by Gasteiger charge is -2.34. The Balaban J connectivity index is 1.80. The molecule has 2 N–H and O–H groups in total. The number of Topliss-reactive ketones (excluding diaryl/α,β-unsaturated/α-hetero) is 1. The standard InChI is InChI=1S/C26H32N2O2/c1-6-11-30-19-9-7-18(8-10-19)25-24-22(14-26(4,5)15-23(24)29)27-20-12-16(2)17(3)13-21(20)28-25/h7-10,12-13,25,27-28H,6,11,14-15H2,1-5H3. The van der Waals surface area contributed by atoms with Crippen LogP contribution in [-0.2, 0) is 4.79 Å². The van der Waals surface area contributed by atoms with Crippen LogP contribution < -0.4 is 15.4 Å². The maximum absolute atomic E-state index is 13.3. The molecule has 0 fully saturated rings. The first-order chi connectivity index (χ1) is 14.3. The molecular weight excluding hydrogens is 372 g/mol. The van der Waals surface area contributed by atoms with Gasteiger partial charge in [-0.15, -0.1) is 0 Å². The smallest absolute Gasteiger partial charge is 0.163 e. The van der Waals surface area contributed by atoms with Gasteiger partial charge in [0.2, 0.25) is 0 Å². The van der Waals surface area contributed by atoms with Gasteiger partial charge >= 0.3 is 0 Å². The molecule has 30 heavy (non-hydrogen) atoms. The van der Waals surface area contributed by atoms with Crippen molar-refractivity contribution in [2.24, 2.45) is 5.41 Å². The van der Waals surface area contributed by atoms with Gasteiger partial charge in [0, 0.05) is 17.7 Å². The van der Waals surface area contributed by atoms with E-state index in [0.717, 1.165) is 46.8 Å². The maximum atomic E-state index is 13.3. The van der Waals surface area contributed by atoms with Gasteiger partial charge in [0.25, 0.3) is 0 Å². The van der Waals surface area contributed by atoms with Crippen molar-refractivity contribution in [3.8, 4) is 5.75 Å². The van der Waals surface area contributed by atoms with E-state index in [2.05, 4.69) is 69.5 Å². The van der Waals surface area contributed by atoms with Crippen molar-refractivity contribution in [2.75, 3.05) is 17.2 Å². The van der Waals surface area contributed by atoms with Crippen LogP contribution in [0.3, 0.4) is 0 Å². The average molecular weight is 405 g/mol. The van der Waals surface area contributed by atoms with Crippen LogP contribution in [0.2, 0.25) is 0 Å². The lowest BCUT2D eigenvalue weighted by atomic mass is 9.73. The van der Waals surface area contributed by atoms with Crippen molar-refractivity contribution in [3.05, 3.63) is 64.4 Å². The summed E-state index contributed by atoms with van der Waals surface area (Å²) < 4.78 is 5.75. The fraction of sp³-hybridized carbons (Fsp3) is 0.423. The molecule has 0 radical (unpaired) electrons. The molecule has 2 aromatic rings. The molecule has 1 atom stereocenters. The second kappa shape index (κ2) is 7.82. The Morgan fingerprint density at radius 3 is 2.37 bits per heavy atom. The summed E-state index contributed by atoms with van der Waals surface area (Å²) in [6.07, 6.45) is 2.40. The van der Waals surface area contributed by atoms with Crippen molar-refractivity contribution >= 4 is 17.2 Å². The Hall–Kier alpha value is -2.75. The monoisotopic (exact) mass is 404 g/mol. The molecule has 0 spiro atoms. The van der Waals surface area contributed by atoms with E-state index in [4.69, 9.17) is 4.74 Å². The summed E-state index contributed by atoms with van der Waals surface area (Å²) in [5.41, 5.74) is 7.49. The maximum Gasteiger partial charge on any atom is 0.163 e. The minimum Gasteiger partial charge on any atom is -0.494 e. The number of allylic oxidation sites excluding steroid dienone is 1. The van der Waals surface area contributed by atoms with Crippen molar-refractivity contribution < 1.29 is 9.53 Å². The number of hydrogen-bond donors (Lipinski definition) is 2. The number of carbonyl (C=O) groups is 1. The van der Waals surface area contributed by atoms with Gasteiger partial charge in [-0.1, -0.05) is 32.9 Å². The van der Waals surface area contributed by atoms with Crippen LogP contribution in [0.5, 0.6) is 5.75 Å². The van der Waals surface area contributed by atoms with Crippen LogP contribution in [0.15, 0.2) is 47.7 Å². The lowest BCUT2D eigenvalue weighted by molar-refractivity contribution is -0.118. The fourth-order valence-electron chi connectivity index (χ4n) is 4.44. The van der Waals surface area contributed by atoms with Gasteiger partial charge in [-0.2, -0.15) is 0 Å². The molecule has 1 aliphatic carbocycles. The van der Waals surface area contributed by atoms with Gasteiger partial charge in [-0.05, 0) is 73.1 Å². The van der Waals surface area contributed by atoms with Gasteiger partial charge < -0.3 is 15.4 Å². The van der Waals surface area contributed by atoms with Crippen LogP contribution in [0.25, 0.3) is 0 Å². The van der Waals surface area contributed by atoms with Gasteiger partial charge in [-0.25, -0.2) is 0 Å². The van der Waals surface area contributed by atoms with Crippen LogP contribution in [0.1, 0.15) is 62.8 Å². The molecule has 0 saturated heterocycles. The summed E-state index contributed by atoms with van der Waals surface area (Å²) in [6.45, 7) is 11.4. The largest absolute Gasteiger partial charge is 0.494 e. The summed E-state index contributed by atoms with van der Waals surface area (Å²) in [4.78, 5) is 13.3. The summed E-state index contributed by atoms with van der Waals surface area (Å²) in [7, 11) is 0. The van der Waals surface area contributed by atoms with Gasteiger partial charge in [0.1, 0.15) is 5.75 Å². The minimum absolute atomic E-state index is 0.0461. The Bertz CT molecular complexity index is 1000. The third-order valence-electron chi connectivity index (χ3n) is 6.11. The van der Waals surface area contributed by atoms with E-state index in [0.29, 0.717) is 13.0 Å². The fourth-order valence-corrected chi connectivity index (χ4v) is 4.44. The van der Waals surface area contributed by atoms with E-state index in [-0.39, 0.29) is 17.2 Å². The SMILES string of the molecule is CCCOc1ccc(C2Nc3cc(C)c(C)cc3NC3=C2C(=O)CC(C)(C)C3)cc1. The molecule has 1 unspecified atom stereocenters. The van der Waals surface area contributed by atoms with Crippen LogP contribution in [0.4, 0.5) is 11.4 Å². The predicted molar refractivity (Wildman–Crippen MR) is 123 cm³/mol. The minimum atomic E-state index is -0.181. The molecular formula is C26H32N2O2. The van der Waals surface area contributed by atoms with Crippen molar-refractivity contribution in [2.45, 2.75) is 59.9 Å². The first kappa shape index (κ1) is 20.5. The molecule has 1 heterocycles. The third kappa shape index (κ3) is 3.96. The third-order valence-corrected chi connectivity index (χ3v) is 6.11. The molecule has 0 bridgehead atoms. The molecule has 0 amide bonds. The van der Waals surface area contributed by atoms with E-state index in [1.165, 1.54) is 11.1 Å². The number of benzene rings is 2. The van der Waals surface area contributed by atoms with Gasteiger partial charge in [0.15, 0.2) is 5.78 Å². The quantitative estimate of drug-likeness (QED) is 0.626. The first-order valence-electron chi connectivity index (χ1n) is 10.9. The highest BCUT2D eigenvalue weighted by molar-refractivity contribution is 6.01. The molecule has 1 aliphatic heterocycles. The zero-order valence-corrected chi connectivity index (χ0v) is 18.7. The molecule has 4 rings (SSSR count). The summed E-state index contributed by atoms with van der Waals surface area (Å²) in [5.74, 6) is 1.09. The predicted octanol–water partition coefficient (Wildman–Crippen LogP) is 6.31. The Labute approximate surface area is 179 Å². The lowest BCUT2D eigenvalue weighted by Crippen LogP contribution is -2.31. The Kier molecular flexibility index (Phi) is 5.35. The summed E-state index contributed by atoms with van der Waals surface area (Å²) in [5, 5.41) is 7.31. The van der Waals surface area contributed by atoms with E-state index in [1.54, 1.807) is 0 Å². The molecule has 2 aliphatic rings. The van der Waals surface area contributed by atoms with E-state index in [9.17, 15) is 4.79 Å². The Morgan fingerprint density at radius 2 is 1.70 bits per heavy atom. The number of ketones is 1. The number of carbonyl (C=O) groups excluding carboxylic acids is 1. The van der Waals surface area contributed by atoms with E-state index < -0.39 is 0 Å². The van der Waals surface area contributed by atoms with Crippen molar-refractivity contribution in [1.29, 1.82) is 0 Å². The Morgan fingerprint density at radius 1 is 1.03 bits per heavy atom. The number of fused-ring (bicyclic) bond motifs is 1. The number of rotatable bonds is 4. The zero-order chi connectivity index (χ0) is 21.5. The number of ether oxygens (including phenoxy) is 1. The molecule has 0 saturated carbocycles. The van der Waals surface area contributed by atoms with Gasteiger partial charge in [0.05, 0.1) is 24.0 Å². The second-order valence-corrected chi connectivity index (χ2v) is 9.44. The highest BCUT2D eigenvalue weighted by Gasteiger charge is 2.38. The molecule has 4 nitrogen and oxygen atoms in total. The zero-order valence-electron chi connectivity index (χ0n) is 18.7. The highest BCUT2D eigenvalue weighted by atomic mass is 16.5. The van der Waals surface area contributed by atoms with Crippen molar-refractivity contribution in [3.63, 3.8) is 0 Å². The van der Waals surface area contributed by atoms with Crippen LogP contribution >= 0.6 is 0 Å². The number of hydrogen-bond acceptors (Lipinski definition) is 4. The topological polar surface area (TPSA) is 50.4 Å². The van der Waals surface area contributed by atoms with E-state index >= 15 is 0 Å². The number of aryl methyl sites for hydroxylation is 2. The first-order valence-corrected chi connectivity index (χ1v) is 10.9. The molecule has 0 aromatic heterocycles. The summed E-state index contributed by atoms with van der Waals surface area (Å²) in [6, 6.07) is 12.3. The molecule has 158 valence electrons.